The van der Waals surface area contributed by atoms with E-state index in [1.54, 1.807) is 0 Å². The Hall–Kier alpha value is -0.300. The summed E-state index contributed by atoms with van der Waals surface area (Å²) < 4.78 is 6.21. The highest BCUT2D eigenvalue weighted by atomic mass is 16.5. The van der Waals surface area contributed by atoms with Crippen molar-refractivity contribution in [3.63, 3.8) is 0 Å². The second-order valence-corrected chi connectivity index (χ2v) is 5.04. The van der Waals surface area contributed by atoms with Crippen LogP contribution in [-0.2, 0) is 4.74 Å². The minimum absolute atomic E-state index is 0.449. The molecule has 1 heterocycles. The number of hydrogen-bond donors (Lipinski definition) is 0. The van der Waals surface area contributed by atoms with E-state index < -0.39 is 0 Å². The summed E-state index contributed by atoms with van der Waals surface area (Å²) in [6, 6.07) is 0. The molecular formula is C15H28O. The van der Waals surface area contributed by atoms with Crippen molar-refractivity contribution in [1.82, 2.24) is 0 Å². The van der Waals surface area contributed by atoms with Crippen molar-refractivity contribution in [2.24, 2.45) is 0 Å². The van der Waals surface area contributed by atoms with Gasteiger partial charge in [0.25, 0.3) is 0 Å². The fourth-order valence-electron chi connectivity index (χ4n) is 2.52. The lowest BCUT2D eigenvalue weighted by atomic mass is 9.99. The average molecular weight is 224 g/mol. The molecule has 2 atom stereocenters. The van der Waals surface area contributed by atoms with Crippen LogP contribution in [0.25, 0.3) is 0 Å². The number of ether oxygens (including phenoxy) is 1. The van der Waals surface area contributed by atoms with Gasteiger partial charge in [0, 0.05) is 0 Å². The Labute approximate surface area is 101 Å². The minimum atomic E-state index is 0.449. The lowest BCUT2D eigenvalue weighted by Crippen LogP contribution is -2.24. The summed E-state index contributed by atoms with van der Waals surface area (Å²) in [6.45, 7) is 6.09. The first kappa shape index (κ1) is 13.8. The van der Waals surface area contributed by atoms with Crippen molar-refractivity contribution in [3.05, 3.63) is 12.7 Å². The molecule has 0 saturated carbocycles. The van der Waals surface area contributed by atoms with E-state index in [2.05, 4.69) is 13.5 Å². The molecule has 16 heavy (non-hydrogen) atoms. The first-order valence-electron chi connectivity index (χ1n) is 7.13. The molecule has 0 radical (unpaired) electrons. The minimum Gasteiger partial charge on any atom is -0.375 e. The van der Waals surface area contributed by atoms with Crippen LogP contribution in [0.4, 0.5) is 0 Å². The highest BCUT2D eigenvalue weighted by molar-refractivity contribution is 4.76. The van der Waals surface area contributed by atoms with Gasteiger partial charge in [-0.15, -0.1) is 6.58 Å². The van der Waals surface area contributed by atoms with Crippen LogP contribution in [-0.4, -0.2) is 12.2 Å². The van der Waals surface area contributed by atoms with Gasteiger partial charge in [-0.3, -0.25) is 0 Å². The van der Waals surface area contributed by atoms with E-state index in [0.29, 0.717) is 12.2 Å². The van der Waals surface area contributed by atoms with E-state index >= 15 is 0 Å². The van der Waals surface area contributed by atoms with Gasteiger partial charge in [0.05, 0.1) is 12.2 Å². The van der Waals surface area contributed by atoms with Gasteiger partial charge in [0.1, 0.15) is 0 Å². The van der Waals surface area contributed by atoms with Gasteiger partial charge in [-0.05, 0) is 25.7 Å². The van der Waals surface area contributed by atoms with Gasteiger partial charge in [0.2, 0.25) is 0 Å². The molecule has 0 unspecified atom stereocenters. The van der Waals surface area contributed by atoms with Crippen molar-refractivity contribution in [2.75, 3.05) is 0 Å². The molecule has 0 aromatic rings. The first-order valence-corrected chi connectivity index (χ1v) is 7.13. The SMILES string of the molecule is C=CC[C@H]1CCCCC[C@@H](CCCCC)O1. The van der Waals surface area contributed by atoms with Gasteiger partial charge < -0.3 is 4.74 Å². The van der Waals surface area contributed by atoms with E-state index in [-0.39, 0.29) is 0 Å². The van der Waals surface area contributed by atoms with Crippen LogP contribution >= 0.6 is 0 Å². The van der Waals surface area contributed by atoms with Crippen LogP contribution in [0.3, 0.4) is 0 Å². The molecule has 1 saturated heterocycles. The van der Waals surface area contributed by atoms with Gasteiger partial charge in [-0.2, -0.15) is 0 Å². The molecule has 1 aliphatic heterocycles. The van der Waals surface area contributed by atoms with Crippen LogP contribution < -0.4 is 0 Å². The van der Waals surface area contributed by atoms with Crippen molar-refractivity contribution < 1.29 is 4.74 Å². The molecule has 0 bridgehead atoms. The Balaban J connectivity index is 2.30. The Morgan fingerprint density at radius 1 is 1.12 bits per heavy atom. The second-order valence-electron chi connectivity index (χ2n) is 5.04. The zero-order valence-electron chi connectivity index (χ0n) is 10.9. The topological polar surface area (TPSA) is 9.23 Å². The first-order chi connectivity index (χ1) is 7.86. The van der Waals surface area contributed by atoms with Gasteiger partial charge in [-0.1, -0.05) is 51.5 Å². The summed E-state index contributed by atoms with van der Waals surface area (Å²) in [7, 11) is 0. The van der Waals surface area contributed by atoms with E-state index in [0.717, 1.165) is 6.42 Å². The lowest BCUT2D eigenvalue weighted by Gasteiger charge is -2.27. The quantitative estimate of drug-likeness (QED) is 0.462. The van der Waals surface area contributed by atoms with E-state index in [1.165, 1.54) is 57.8 Å². The van der Waals surface area contributed by atoms with Crippen LogP contribution in [0.5, 0.6) is 0 Å². The molecule has 0 aliphatic carbocycles. The van der Waals surface area contributed by atoms with Gasteiger partial charge in [-0.25, -0.2) is 0 Å². The highest BCUT2D eigenvalue weighted by Gasteiger charge is 2.17. The van der Waals surface area contributed by atoms with Crippen molar-refractivity contribution >= 4 is 0 Å². The molecule has 94 valence electrons. The smallest absolute Gasteiger partial charge is 0.0613 e. The maximum Gasteiger partial charge on any atom is 0.0613 e. The summed E-state index contributed by atoms with van der Waals surface area (Å²) >= 11 is 0. The maximum absolute atomic E-state index is 6.21. The third kappa shape index (κ3) is 5.69. The lowest BCUT2D eigenvalue weighted by molar-refractivity contribution is -0.0323. The normalized spacial score (nSPS) is 27.1. The third-order valence-corrected chi connectivity index (χ3v) is 3.50. The summed E-state index contributed by atoms with van der Waals surface area (Å²) in [5, 5.41) is 0. The molecule has 0 spiro atoms. The Kier molecular flexibility index (Phi) is 7.58. The Bertz CT molecular complexity index is 176. The van der Waals surface area contributed by atoms with Gasteiger partial charge >= 0.3 is 0 Å². The fourth-order valence-corrected chi connectivity index (χ4v) is 2.52. The molecule has 1 heteroatoms. The van der Waals surface area contributed by atoms with E-state index in [9.17, 15) is 0 Å². The summed E-state index contributed by atoms with van der Waals surface area (Å²) in [4.78, 5) is 0. The number of hydrogen-bond acceptors (Lipinski definition) is 1. The molecule has 1 nitrogen and oxygen atoms in total. The Morgan fingerprint density at radius 2 is 1.88 bits per heavy atom. The monoisotopic (exact) mass is 224 g/mol. The second kappa shape index (κ2) is 8.81. The molecule has 0 aromatic carbocycles. The third-order valence-electron chi connectivity index (χ3n) is 3.50. The predicted molar refractivity (Wildman–Crippen MR) is 70.7 cm³/mol. The van der Waals surface area contributed by atoms with Crippen molar-refractivity contribution in [1.29, 1.82) is 0 Å². The summed E-state index contributed by atoms with van der Waals surface area (Å²) in [5.74, 6) is 0. The summed E-state index contributed by atoms with van der Waals surface area (Å²) in [6.07, 6.45) is 15.9. The van der Waals surface area contributed by atoms with Crippen molar-refractivity contribution in [3.8, 4) is 0 Å². The predicted octanol–water partition coefficient (Wildman–Crippen LogP) is 4.86. The van der Waals surface area contributed by atoms with Crippen LogP contribution in [0.15, 0.2) is 12.7 Å². The highest BCUT2D eigenvalue weighted by Crippen LogP contribution is 2.23. The van der Waals surface area contributed by atoms with Gasteiger partial charge in [0.15, 0.2) is 0 Å². The van der Waals surface area contributed by atoms with E-state index in [1.807, 2.05) is 6.08 Å². The molecule has 1 fully saturated rings. The average Bonchev–Trinajstić information content (AvgIpc) is 2.24. The molecule has 1 aliphatic rings. The molecule has 0 aromatic heterocycles. The molecule has 0 amide bonds. The summed E-state index contributed by atoms with van der Waals surface area (Å²) in [5.41, 5.74) is 0. The largest absolute Gasteiger partial charge is 0.375 e. The molecular weight excluding hydrogens is 196 g/mol. The van der Waals surface area contributed by atoms with E-state index in [4.69, 9.17) is 4.74 Å². The fraction of sp³-hybridized carbons (Fsp3) is 0.867. The molecule has 0 N–H and O–H groups in total. The van der Waals surface area contributed by atoms with Crippen LogP contribution in [0.1, 0.15) is 71.1 Å². The number of unbranched alkanes of at least 4 members (excludes halogenated alkanes) is 2. The number of rotatable bonds is 6. The van der Waals surface area contributed by atoms with Crippen LogP contribution in [0.2, 0.25) is 0 Å². The maximum atomic E-state index is 6.21. The zero-order chi connectivity index (χ0) is 11.6. The Morgan fingerprint density at radius 3 is 2.56 bits per heavy atom. The van der Waals surface area contributed by atoms with Crippen molar-refractivity contribution in [2.45, 2.75) is 83.3 Å². The molecule has 1 rings (SSSR count). The zero-order valence-corrected chi connectivity index (χ0v) is 10.9. The standard InChI is InChI=1S/C15H28O/c1-3-5-7-11-15-13-9-6-8-12-14(16-15)10-4-2/h4,14-15H,2-3,5-13H2,1H3/t14-,15+/m0/s1. The van der Waals surface area contributed by atoms with Crippen LogP contribution in [0, 0.1) is 0 Å².